The lowest BCUT2D eigenvalue weighted by atomic mass is 10.1. The molecule has 0 aliphatic carbocycles. The molecule has 0 spiro atoms. The van der Waals surface area contributed by atoms with Crippen molar-refractivity contribution in [1.29, 1.82) is 0 Å². The number of nitrogens with one attached hydrogen (secondary N) is 1. The summed E-state index contributed by atoms with van der Waals surface area (Å²) in [6.45, 7) is 0. The van der Waals surface area contributed by atoms with Gasteiger partial charge < -0.3 is 5.32 Å². The Bertz CT molecular complexity index is 800. The second-order valence-electron chi connectivity index (χ2n) is 4.95. The smallest absolute Gasteiger partial charge is 0.300 e. The molecule has 0 amide bonds. The summed E-state index contributed by atoms with van der Waals surface area (Å²) in [6.07, 6.45) is 1.30. The normalized spacial score (nSPS) is 21.2. The zero-order chi connectivity index (χ0) is 15.0. The molecular weight excluding hydrogens is 300 g/mol. The molecule has 9 nitrogen and oxygen atoms in total. The van der Waals surface area contributed by atoms with Gasteiger partial charge in [0.2, 0.25) is 5.52 Å². The number of aromatic nitrogens is 2. The number of hydrogen-bond acceptors (Lipinski definition) is 8. The van der Waals surface area contributed by atoms with Crippen LogP contribution in [0, 0.1) is 10.1 Å². The Balaban J connectivity index is 1.93. The highest BCUT2D eigenvalue weighted by Gasteiger charge is 2.26. The zero-order valence-electron chi connectivity index (χ0n) is 10.9. The Hall–Kier alpha value is -2.23. The van der Waals surface area contributed by atoms with E-state index in [0.29, 0.717) is 18.5 Å². The maximum absolute atomic E-state index is 11.6. The van der Waals surface area contributed by atoms with Crippen LogP contribution in [0.1, 0.15) is 12.8 Å². The van der Waals surface area contributed by atoms with E-state index in [-0.39, 0.29) is 34.3 Å². The van der Waals surface area contributed by atoms with Gasteiger partial charge in [-0.1, -0.05) is 0 Å². The van der Waals surface area contributed by atoms with Crippen LogP contribution in [-0.4, -0.2) is 41.2 Å². The van der Waals surface area contributed by atoms with E-state index in [9.17, 15) is 18.5 Å². The van der Waals surface area contributed by atoms with Crippen molar-refractivity contribution >= 4 is 32.2 Å². The van der Waals surface area contributed by atoms with Crippen molar-refractivity contribution in [2.24, 2.45) is 0 Å². The van der Waals surface area contributed by atoms with E-state index in [4.69, 9.17) is 0 Å². The van der Waals surface area contributed by atoms with Gasteiger partial charge in [-0.3, -0.25) is 10.1 Å². The highest BCUT2D eigenvalue weighted by Crippen LogP contribution is 2.30. The molecule has 0 bridgehead atoms. The Labute approximate surface area is 119 Å². The van der Waals surface area contributed by atoms with E-state index in [1.807, 2.05) is 0 Å². The number of fused-ring (bicyclic) bond motifs is 1. The lowest BCUT2D eigenvalue weighted by molar-refractivity contribution is -0.383. The van der Waals surface area contributed by atoms with Crippen molar-refractivity contribution in [3.8, 4) is 0 Å². The van der Waals surface area contributed by atoms with Crippen LogP contribution >= 0.6 is 0 Å². The zero-order valence-corrected chi connectivity index (χ0v) is 11.7. The number of sulfone groups is 1. The van der Waals surface area contributed by atoms with Crippen LogP contribution in [0.15, 0.2) is 16.8 Å². The minimum Gasteiger partial charge on any atom is -0.379 e. The summed E-state index contributed by atoms with van der Waals surface area (Å²) in [7, 11) is -3.04. The third kappa shape index (κ3) is 2.66. The average Bonchev–Trinajstić information content (AvgIpc) is 2.87. The molecule has 1 unspecified atom stereocenters. The molecule has 2 heterocycles. The summed E-state index contributed by atoms with van der Waals surface area (Å²) in [4.78, 5) is 10.3. The number of nitrogens with zero attached hydrogens (tertiary/aromatic N) is 3. The lowest BCUT2D eigenvalue weighted by Crippen LogP contribution is -2.34. The van der Waals surface area contributed by atoms with Crippen molar-refractivity contribution in [2.45, 2.75) is 18.9 Å². The molecule has 21 heavy (non-hydrogen) atoms. The van der Waals surface area contributed by atoms with Crippen LogP contribution in [0.4, 0.5) is 11.4 Å². The van der Waals surface area contributed by atoms with Crippen molar-refractivity contribution in [3.63, 3.8) is 0 Å². The highest BCUT2D eigenvalue weighted by atomic mass is 32.2. The standard InChI is InChI=1S/C11H12N4O5S/c16-15(17)9-4-3-8(10-11(9)14-20-13-10)12-7-2-1-5-21(18,19)6-7/h3-4,7,12H,1-2,5-6H2. The molecule has 1 aromatic carbocycles. The minimum absolute atomic E-state index is 0.0385. The second kappa shape index (κ2) is 4.95. The summed E-state index contributed by atoms with van der Waals surface area (Å²) < 4.78 is 27.8. The Kier molecular flexibility index (Phi) is 3.24. The third-order valence-corrected chi connectivity index (χ3v) is 5.23. The van der Waals surface area contributed by atoms with Gasteiger partial charge in [-0.05, 0) is 29.2 Å². The van der Waals surface area contributed by atoms with Gasteiger partial charge in [-0.15, -0.1) is 0 Å². The summed E-state index contributed by atoms with van der Waals surface area (Å²) in [5.41, 5.74) is 0.558. The van der Waals surface area contributed by atoms with E-state index < -0.39 is 14.8 Å². The summed E-state index contributed by atoms with van der Waals surface area (Å²) in [6, 6.07) is 2.54. The molecule has 3 rings (SSSR count). The quantitative estimate of drug-likeness (QED) is 0.659. The predicted octanol–water partition coefficient (Wildman–Crippen LogP) is 1.12. The van der Waals surface area contributed by atoms with Crippen LogP contribution in [0.25, 0.3) is 11.0 Å². The van der Waals surface area contributed by atoms with Gasteiger partial charge in [0.1, 0.15) is 0 Å². The van der Waals surface area contributed by atoms with E-state index in [2.05, 4.69) is 20.3 Å². The summed E-state index contributed by atoms with van der Waals surface area (Å²) >= 11 is 0. The Morgan fingerprint density at radius 1 is 1.33 bits per heavy atom. The van der Waals surface area contributed by atoms with Crippen molar-refractivity contribution in [3.05, 3.63) is 22.2 Å². The average molecular weight is 312 g/mol. The maximum Gasteiger partial charge on any atom is 0.300 e. The van der Waals surface area contributed by atoms with Crippen molar-refractivity contribution < 1.29 is 18.0 Å². The van der Waals surface area contributed by atoms with Gasteiger partial charge >= 0.3 is 5.69 Å². The van der Waals surface area contributed by atoms with Gasteiger partial charge in [-0.25, -0.2) is 13.0 Å². The molecule has 1 N–H and O–H groups in total. The first-order valence-electron chi connectivity index (χ1n) is 6.33. The van der Waals surface area contributed by atoms with Crippen molar-refractivity contribution in [1.82, 2.24) is 10.3 Å². The number of benzene rings is 1. The summed E-state index contributed by atoms with van der Waals surface area (Å²) in [5, 5.41) is 21.2. The van der Waals surface area contributed by atoms with E-state index >= 15 is 0 Å². The van der Waals surface area contributed by atoms with E-state index in [1.54, 1.807) is 0 Å². The van der Waals surface area contributed by atoms with Gasteiger partial charge in [-0.2, -0.15) is 0 Å². The molecule has 0 saturated carbocycles. The van der Waals surface area contributed by atoms with Crippen LogP contribution in [0.3, 0.4) is 0 Å². The van der Waals surface area contributed by atoms with E-state index in [1.165, 1.54) is 12.1 Å². The first kappa shape index (κ1) is 13.7. The Morgan fingerprint density at radius 2 is 2.10 bits per heavy atom. The topological polar surface area (TPSA) is 128 Å². The first-order valence-corrected chi connectivity index (χ1v) is 8.15. The van der Waals surface area contributed by atoms with Crippen molar-refractivity contribution in [2.75, 3.05) is 16.8 Å². The third-order valence-electron chi connectivity index (χ3n) is 3.41. The molecule has 112 valence electrons. The molecule has 1 atom stereocenters. The van der Waals surface area contributed by atoms with Gasteiger partial charge in [0.25, 0.3) is 0 Å². The lowest BCUT2D eigenvalue weighted by Gasteiger charge is -2.23. The SMILES string of the molecule is O=[N+]([O-])c1ccc(NC2CCCS(=O)(=O)C2)c2nonc12. The van der Waals surface area contributed by atoms with Crippen LogP contribution in [0.5, 0.6) is 0 Å². The number of nitro benzene ring substituents is 1. The molecule has 10 heteroatoms. The molecule has 2 aromatic rings. The van der Waals surface area contributed by atoms with Gasteiger partial charge in [0.15, 0.2) is 15.4 Å². The molecule has 0 radical (unpaired) electrons. The van der Waals surface area contributed by atoms with Crippen LogP contribution in [0.2, 0.25) is 0 Å². The molecule has 1 aromatic heterocycles. The number of anilines is 1. The monoisotopic (exact) mass is 312 g/mol. The fourth-order valence-corrected chi connectivity index (χ4v) is 4.11. The van der Waals surface area contributed by atoms with Crippen LogP contribution in [-0.2, 0) is 9.84 Å². The Morgan fingerprint density at radius 3 is 2.81 bits per heavy atom. The second-order valence-corrected chi connectivity index (χ2v) is 7.18. The first-order chi connectivity index (χ1) is 9.96. The molecule has 1 fully saturated rings. The number of rotatable bonds is 3. The molecule has 1 saturated heterocycles. The van der Waals surface area contributed by atoms with E-state index in [0.717, 1.165) is 0 Å². The summed E-state index contributed by atoms with van der Waals surface area (Å²) in [5.74, 6) is 0.239. The predicted molar refractivity (Wildman–Crippen MR) is 73.8 cm³/mol. The minimum atomic E-state index is -3.04. The number of hydrogen-bond donors (Lipinski definition) is 1. The maximum atomic E-state index is 11.6. The number of non-ortho nitro benzene ring substituents is 1. The van der Waals surface area contributed by atoms with Gasteiger partial charge in [0, 0.05) is 12.1 Å². The fraction of sp³-hybridized carbons (Fsp3) is 0.455. The highest BCUT2D eigenvalue weighted by molar-refractivity contribution is 7.91. The molecular formula is C11H12N4O5S. The van der Waals surface area contributed by atoms with Gasteiger partial charge in [0.05, 0.1) is 22.1 Å². The molecule has 1 aliphatic heterocycles. The molecule has 1 aliphatic rings. The largest absolute Gasteiger partial charge is 0.379 e. The fourth-order valence-electron chi connectivity index (χ4n) is 2.47. The number of nitro groups is 1. The van der Waals surface area contributed by atoms with Crippen LogP contribution < -0.4 is 5.32 Å².